The third-order valence-corrected chi connectivity index (χ3v) is 3.06. The van der Waals surface area contributed by atoms with Gasteiger partial charge in [-0.1, -0.05) is 13.8 Å². The van der Waals surface area contributed by atoms with Crippen LogP contribution >= 0.6 is 0 Å². The van der Waals surface area contributed by atoms with Crippen LogP contribution in [0.5, 0.6) is 0 Å². The Kier molecular flexibility index (Phi) is 3.09. The molecule has 104 valence electrons. The van der Waals surface area contributed by atoms with Crippen molar-refractivity contribution in [3.8, 4) is 0 Å². The van der Waals surface area contributed by atoms with Crippen molar-refractivity contribution in [2.45, 2.75) is 26.3 Å². The highest BCUT2D eigenvalue weighted by Gasteiger charge is 2.10. The molecule has 3 aromatic heterocycles. The molecule has 0 aliphatic heterocycles. The lowest BCUT2D eigenvalue weighted by Crippen LogP contribution is -2.05. The van der Waals surface area contributed by atoms with Crippen LogP contribution in [0.15, 0.2) is 24.8 Å². The Hall–Kier alpha value is -2.44. The zero-order valence-corrected chi connectivity index (χ0v) is 11.8. The van der Waals surface area contributed by atoms with Gasteiger partial charge in [0.15, 0.2) is 11.6 Å². The molecule has 3 aromatic rings. The van der Waals surface area contributed by atoms with Crippen molar-refractivity contribution in [3.63, 3.8) is 0 Å². The first-order valence-electron chi connectivity index (χ1n) is 6.56. The number of hydrogen-bond donors (Lipinski definition) is 1. The lowest BCUT2D eigenvalue weighted by molar-refractivity contribution is 0.747. The Bertz CT molecular complexity index is 725. The molecule has 0 spiro atoms. The van der Waals surface area contributed by atoms with Crippen LogP contribution in [0, 0.1) is 0 Å². The summed E-state index contributed by atoms with van der Waals surface area (Å²) in [5, 5.41) is 12.0. The van der Waals surface area contributed by atoms with Crippen molar-refractivity contribution in [2.75, 3.05) is 5.32 Å². The molecule has 7 nitrogen and oxygen atoms in total. The summed E-state index contributed by atoms with van der Waals surface area (Å²) in [7, 11) is 1.85. The topological polar surface area (TPSA) is 72.9 Å². The molecule has 0 aromatic carbocycles. The summed E-state index contributed by atoms with van der Waals surface area (Å²) >= 11 is 0. The minimum Gasteiger partial charge on any atom is -0.361 e. The van der Waals surface area contributed by atoms with Gasteiger partial charge in [0.1, 0.15) is 11.8 Å². The van der Waals surface area contributed by atoms with Crippen LogP contribution in [-0.2, 0) is 13.6 Å². The molecule has 3 heterocycles. The van der Waals surface area contributed by atoms with Crippen LogP contribution in [0.1, 0.15) is 31.3 Å². The molecule has 3 rings (SSSR count). The number of anilines is 1. The van der Waals surface area contributed by atoms with Crippen LogP contribution in [0.4, 0.5) is 5.82 Å². The summed E-state index contributed by atoms with van der Waals surface area (Å²) in [5.41, 5.74) is 2.02. The highest BCUT2D eigenvalue weighted by molar-refractivity contribution is 5.67. The maximum atomic E-state index is 4.53. The van der Waals surface area contributed by atoms with E-state index >= 15 is 0 Å². The standard InChI is InChI=1S/C13H17N7/c1-9(2)10-6-11-13(14-4-5-20(11)17-10)15-7-12-16-8-19(3)18-12/h4-6,8-9H,7H2,1-3H3,(H,14,15). The van der Waals surface area contributed by atoms with E-state index in [-0.39, 0.29) is 0 Å². The predicted octanol–water partition coefficient (Wildman–Crippen LogP) is 1.59. The van der Waals surface area contributed by atoms with Crippen LogP contribution in [-0.4, -0.2) is 29.4 Å². The number of nitrogens with zero attached hydrogens (tertiary/aromatic N) is 6. The van der Waals surface area contributed by atoms with Crippen LogP contribution in [0.3, 0.4) is 0 Å². The van der Waals surface area contributed by atoms with E-state index in [4.69, 9.17) is 0 Å². The predicted molar refractivity (Wildman–Crippen MR) is 75.4 cm³/mol. The van der Waals surface area contributed by atoms with E-state index < -0.39 is 0 Å². The van der Waals surface area contributed by atoms with Gasteiger partial charge in [-0.3, -0.25) is 4.68 Å². The van der Waals surface area contributed by atoms with Crippen molar-refractivity contribution >= 4 is 11.3 Å². The fourth-order valence-electron chi connectivity index (χ4n) is 1.99. The van der Waals surface area contributed by atoms with Gasteiger partial charge in [-0.25, -0.2) is 14.5 Å². The lowest BCUT2D eigenvalue weighted by atomic mass is 10.1. The van der Waals surface area contributed by atoms with Crippen molar-refractivity contribution in [2.24, 2.45) is 7.05 Å². The number of rotatable bonds is 4. The van der Waals surface area contributed by atoms with E-state index in [2.05, 4.69) is 45.4 Å². The molecule has 0 saturated carbocycles. The molecular weight excluding hydrogens is 254 g/mol. The lowest BCUT2D eigenvalue weighted by Gasteiger charge is -2.04. The number of fused-ring (bicyclic) bond motifs is 1. The van der Waals surface area contributed by atoms with Gasteiger partial charge < -0.3 is 5.32 Å². The van der Waals surface area contributed by atoms with Gasteiger partial charge in [-0.05, 0) is 12.0 Å². The van der Waals surface area contributed by atoms with Gasteiger partial charge in [-0.2, -0.15) is 10.2 Å². The molecule has 20 heavy (non-hydrogen) atoms. The average Bonchev–Trinajstić information content (AvgIpc) is 3.02. The molecule has 0 unspecified atom stereocenters. The minimum atomic E-state index is 0.389. The number of nitrogens with one attached hydrogen (secondary N) is 1. The smallest absolute Gasteiger partial charge is 0.169 e. The monoisotopic (exact) mass is 271 g/mol. The van der Waals surface area contributed by atoms with E-state index in [9.17, 15) is 0 Å². The van der Waals surface area contributed by atoms with E-state index in [1.807, 2.05) is 17.8 Å². The van der Waals surface area contributed by atoms with Crippen LogP contribution in [0.2, 0.25) is 0 Å². The molecular formula is C13H17N7. The summed E-state index contributed by atoms with van der Waals surface area (Å²) < 4.78 is 3.53. The molecule has 0 bridgehead atoms. The maximum Gasteiger partial charge on any atom is 0.169 e. The largest absolute Gasteiger partial charge is 0.361 e. The Morgan fingerprint density at radius 2 is 2.10 bits per heavy atom. The van der Waals surface area contributed by atoms with Crippen molar-refractivity contribution in [1.82, 2.24) is 29.4 Å². The minimum absolute atomic E-state index is 0.389. The SMILES string of the molecule is CC(C)c1cc2c(NCc3ncn(C)n3)nccn2n1. The van der Waals surface area contributed by atoms with E-state index in [0.29, 0.717) is 12.5 Å². The zero-order chi connectivity index (χ0) is 14.1. The number of aryl methyl sites for hydroxylation is 1. The Labute approximate surface area is 116 Å². The summed E-state index contributed by atoms with van der Waals surface area (Å²) in [6, 6.07) is 2.06. The summed E-state index contributed by atoms with van der Waals surface area (Å²) in [6.07, 6.45) is 5.27. The zero-order valence-electron chi connectivity index (χ0n) is 11.8. The number of hydrogen-bond acceptors (Lipinski definition) is 5. The van der Waals surface area contributed by atoms with Gasteiger partial charge in [0.2, 0.25) is 0 Å². The second-order valence-electron chi connectivity index (χ2n) is 5.02. The highest BCUT2D eigenvalue weighted by Crippen LogP contribution is 2.19. The maximum absolute atomic E-state index is 4.53. The third kappa shape index (κ3) is 2.34. The fourth-order valence-corrected chi connectivity index (χ4v) is 1.99. The molecule has 7 heteroatoms. The number of aromatic nitrogens is 6. The Balaban J connectivity index is 1.87. The van der Waals surface area contributed by atoms with Gasteiger partial charge in [0.25, 0.3) is 0 Å². The Morgan fingerprint density at radius 3 is 2.80 bits per heavy atom. The van der Waals surface area contributed by atoms with E-state index in [0.717, 1.165) is 22.9 Å². The molecule has 0 aliphatic rings. The molecule has 0 saturated heterocycles. The third-order valence-electron chi connectivity index (χ3n) is 3.06. The first kappa shape index (κ1) is 12.6. The van der Waals surface area contributed by atoms with Crippen molar-refractivity contribution in [1.29, 1.82) is 0 Å². The highest BCUT2D eigenvalue weighted by atomic mass is 15.3. The Morgan fingerprint density at radius 1 is 1.25 bits per heavy atom. The van der Waals surface area contributed by atoms with Gasteiger partial charge >= 0.3 is 0 Å². The molecule has 0 fully saturated rings. The van der Waals surface area contributed by atoms with Crippen LogP contribution < -0.4 is 5.32 Å². The summed E-state index contributed by atoms with van der Waals surface area (Å²) in [5.74, 6) is 1.92. The molecule has 0 radical (unpaired) electrons. The molecule has 1 N–H and O–H groups in total. The van der Waals surface area contributed by atoms with Gasteiger partial charge in [-0.15, -0.1) is 0 Å². The van der Waals surface area contributed by atoms with Gasteiger partial charge in [0.05, 0.1) is 12.2 Å². The van der Waals surface area contributed by atoms with Crippen molar-refractivity contribution < 1.29 is 0 Å². The summed E-state index contributed by atoms with van der Waals surface area (Å²) in [4.78, 5) is 8.55. The van der Waals surface area contributed by atoms with E-state index in [1.165, 1.54) is 0 Å². The first-order chi connectivity index (χ1) is 9.63. The fraction of sp³-hybridized carbons (Fsp3) is 0.385. The van der Waals surface area contributed by atoms with Crippen molar-refractivity contribution in [3.05, 3.63) is 36.3 Å². The molecule has 0 amide bonds. The second-order valence-corrected chi connectivity index (χ2v) is 5.02. The van der Waals surface area contributed by atoms with Crippen LogP contribution in [0.25, 0.3) is 5.52 Å². The first-order valence-corrected chi connectivity index (χ1v) is 6.56. The molecule has 0 atom stereocenters. The van der Waals surface area contributed by atoms with E-state index in [1.54, 1.807) is 17.2 Å². The average molecular weight is 271 g/mol. The normalized spacial score (nSPS) is 11.4. The molecule has 0 aliphatic carbocycles. The van der Waals surface area contributed by atoms with Gasteiger partial charge in [0, 0.05) is 19.4 Å². The second kappa shape index (κ2) is 4.92. The quantitative estimate of drug-likeness (QED) is 0.780. The summed E-state index contributed by atoms with van der Waals surface area (Å²) in [6.45, 7) is 4.79.